The highest BCUT2D eigenvalue weighted by Crippen LogP contribution is 2.40. The summed E-state index contributed by atoms with van der Waals surface area (Å²) in [6.07, 6.45) is 6.07. The van der Waals surface area contributed by atoms with E-state index in [4.69, 9.17) is 4.98 Å². The molecule has 0 spiro atoms. The number of hydrogen-bond donors (Lipinski definition) is 2. The number of piperazine rings is 1. The van der Waals surface area contributed by atoms with Crippen molar-refractivity contribution in [2.75, 3.05) is 31.1 Å². The second-order valence-electron chi connectivity index (χ2n) is 11.8. The highest BCUT2D eigenvalue weighted by molar-refractivity contribution is 5.97. The van der Waals surface area contributed by atoms with Crippen LogP contribution in [0.1, 0.15) is 37.6 Å². The van der Waals surface area contributed by atoms with Gasteiger partial charge < -0.3 is 19.9 Å². The lowest BCUT2D eigenvalue weighted by molar-refractivity contribution is -0.120. The third kappa shape index (κ3) is 5.07. The molecule has 0 saturated carbocycles. The van der Waals surface area contributed by atoms with Crippen LogP contribution in [0.15, 0.2) is 61.1 Å². The third-order valence-electron chi connectivity index (χ3n) is 8.13. The number of fused-ring (bicyclic) bond motifs is 2. The number of anilines is 1. The normalized spacial score (nSPS) is 20.6. The monoisotopic (exact) mass is 542 g/mol. The number of benzene rings is 1. The van der Waals surface area contributed by atoms with E-state index in [0.717, 1.165) is 40.0 Å². The van der Waals surface area contributed by atoms with Crippen molar-refractivity contribution in [3.8, 4) is 5.88 Å². The van der Waals surface area contributed by atoms with Gasteiger partial charge in [-0.05, 0) is 54.8 Å². The molecule has 0 bridgehead atoms. The average Bonchev–Trinajstić information content (AvgIpc) is 3.39. The molecule has 8 nitrogen and oxygen atoms in total. The summed E-state index contributed by atoms with van der Waals surface area (Å²) in [5, 5.41) is 15.1. The van der Waals surface area contributed by atoms with Gasteiger partial charge in [-0.25, -0.2) is 4.39 Å². The maximum atomic E-state index is 13.9. The van der Waals surface area contributed by atoms with Gasteiger partial charge in [0, 0.05) is 62.3 Å². The molecular formula is C31H35FN6O2. The molecule has 1 fully saturated rings. The molecule has 9 heteroatoms. The fraction of sp³-hybridized carbons (Fsp3) is 0.387. The fourth-order valence-corrected chi connectivity index (χ4v) is 6.04. The molecular weight excluding hydrogens is 507 g/mol. The van der Waals surface area contributed by atoms with Crippen LogP contribution in [0.2, 0.25) is 0 Å². The molecule has 5 heterocycles. The van der Waals surface area contributed by atoms with Crippen LogP contribution in [-0.4, -0.2) is 68.7 Å². The predicted molar refractivity (Wildman–Crippen MR) is 153 cm³/mol. The minimum atomic E-state index is -0.264. The Kier molecular flexibility index (Phi) is 6.80. The maximum Gasteiger partial charge on any atom is 0.241 e. The van der Waals surface area contributed by atoms with Gasteiger partial charge in [-0.2, -0.15) is 0 Å². The topological polar surface area (TPSA) is 86.5 Å². The second kappa shape index (κ2) is 10.3. The minimum absolute atomic E-state index is 0.0193. The van der Waals surface area contributed by atoms with Crippen LogP contribution in [-0.2, 0) is 23.2 Å². The Bertz CT molecular complexity index is 1550. The number of aromatic hydroxyl groups is 1. The van der Waals surface area contributed by atoms with Crippen molar-refractivity contribution in [1.82, 2.24) is 24.8 Å². The van der Waals surface area contributed by atoms with Gasteiger partial charge >= 0.3 is 0 Å². The first kappa shape index (κ1) is 26.4. The average molecular weight is 543 g/mol. The van der Waals surface area contributed by atoms with E-state index >= 15 is 0 Å². The quantitative estimate of drug-likeness (QED) is 0.385. The number of nitrogens with one attached hydrogen (secondary N) is 1. The van der Waals surface area contributed by atoms with Crippen molar-refractivity contribution in [3.63, 3.8) is 0 Å². The van der Waals surface area contributed by atoms with Gasteiger partial charge in [0.05, 0.1) is 28.8 Å². The highest BCUT2D eigenvalue weighted by atomic mass is 19.1. The van der Waals surface area contributed by atoms with Crippen molar-refractivity contribution in [1.29, 1.82) is 0 Å². The SMILES string of the molecule is C[C@@H]1CN(CC(=O)N2CC(C)(C)c3ncc(Cc4ccc(F)cc4)cc32)[C@@H](Cn2cc3ncccc3c2O)CN1. The van der Waals surface area contributed by atoms with E-state index in [1.807, 2.05) is 34.0 Å². The lowest BCUT2D eigenvalue weighted by atomic mass is 9.91. The summed E-state index contributed by atoms with van der Waals surface area (Å²) in [7, 11) is 0. The Hall–Kier alpha value is -3.82. The summed E-state index contributed by atoms with van der Waals surface area (Å²) >= 11 is 0. The van der Waals surface area contributed by atoms with Crippen LogP contribution >= 0.6 is 0 Å². The van der Waals surface area contributed by atoms with Crippen LogP contribution in [0, 0.1) is 5.82 Å². The number of rotatable bonds is 6. The van der Waals surface area contributed by atoms with Crippen molar-refractivity contribution in [3.05, 3.63) is 83.7 Å². The molecule has 4 aromatic rings. The molecule has 0 aliphatic carbocycles. The van der Waals surface area contributed by atoms with Crippen LogP contribution < -0.4 is 10.2 Å². The van der Waals surface area contributed by atoms with Gasteiger partial charge in [-0.3, -0.25) is 19.7 Å². The van der Waals surface area contributed by atoms with Gasteiger partial charge in [-0.1, -0.05) is 26.0 Å². The number of halogens is 1. The Balaban J connectivity index is 1.22. The number of nitrogens with zero attached hydrogens (tertiary/aromatic N) is 5. The highest BCUT2D eigenvalue weighted by Gasteiger charge is 2.40. The van der Waals surface area contributed by atoms with Crippen molar-refractivity contribution in [2.24, 2.45) is 0 Å². The van der Waals surface area contributed by atoms with Crippen LogP contribution in [0.4, 0.5) is 10.1 Å². The number of amides is 1. The van der Waals surface area contributed by atoms with Gasteiger partial charge in [0.25, 0.3) is 0 Å². The first-order valence-corrected chi connectivity index (χ1v) is 13.8. The molecule has 3 aromatic heterocycles. The number of aromatic nitrogens is 3. The van der Waals surface area contributed by atoms with Crippen LogP contribution in [0.3, 0.4) is 0 Å². The molecule has 2 aliphatic heterocycles. The Morgan fingerprint density at radius 1 is 1.18 bits per heavy atom. The molecule has 0 radical (unpaired) electrons. The van der Waals surface area contributed by atoms with Gasteiger partial charge in [0.1, 0.15) is 5.82 Å². The maximum absolute atomic E-state index is 13.9. The summed E-state index contributed by atoms with van der Waals surface area (Å²) in [5.41, 5.74) is 4.24. The van der Waals surface area contributed by atoms with Crippen molar-refractivity contribution >= 4 is 22.5 Å². The van der Waals surface area contributed by atoms with E-state index in [1.165, 1.54) is 12.1 Å². The summed E-state index contributed by atoms with van der Waals surface area (Å²) in [6.45, 7) is 9.18. The lowest BCUT2D eigenvalue weighted by Gasteiger charge is -2.39. The standard InChI is InChI=1S/C31H35FN6O2/c1-20-15-36(24(14-34-20)16-37-17-26-25(30(37)40)5-4-10-33-26)18-28(39)38-19-31(2,3)29-27(38)12-22(13-35-29)11-21-6-8-23(32)9-7-21/h4-10,12-13,17,20,24,34,40H,11,14-16,18-19H2,1-3H3/t20-,24-/m1/s1. The van der Waals surface area contributed by atoms with Crippen molar-refractivity contribution < 1.29 is 14.3 Å². The zero-order valence-corrected chi connectivity index (χ0v) is 23.1. The Morgan fingerprint density at radius 3 is 2.75 bits per heavy atom. The molecule has 2 atom stereocenters. The largest absolute Gasteiger partial charge is 0.494 e. The molecule has 1 saturated heterocycles. The van der Waals surface area contributed by atoms with E-state index in [1.54, 1.807) is 18.3 Å². The van der Waals surface area contributed by atoms with E-state index in [2.05, 4.69) is 42.0 Å². The summed E-state index contributed by atoms with van der Waals surface area (Å²) in [5.74, 6) is -0.0231. The van der Waals surface area contributed by atoms with E-state index in [-0.39, 0.29) is 41.6 Å². The van der Waals surface area contributed by atoms with E-state index in [0.29, 0.717) is 26.1 Å². The first-order valence-electron chi connectivity index (χ1n) is 13.8. The van der Waals surface area contributed by atoms with Gasteiger partial charge in [0.2, 0.25) is 11.8 Å². The molecule has 208 valence electrons. The minimum Gasteiger partial charge on any atom is -0.494 e. The molecule has 1 aromatic carbocycles. The predicted octanol–water partition coefficient (Wildman–Crippen LogP) is 3.85. The molecule has 0 unspecified atom stereocenters. The van der Waals surface area contributed by atoms with Crippen LogP contribution in [0.25, 0.3) is 10.9 Å². The molecule has 2 aliphatic rings. The molecule has 2 N–H and O–H groups in total. The number of carbonyl (C=O) groups is 1. The van der Waals surface area contributed by atoms with Gasteiger partial charge in [0.15, 0.2) is 0 Å². The Morgan fingerprint density at radius 2 is 1.98 bits per heavy atom. The van der Waals surface area contributed by atoms with E-state index in [9.17, 15) is 14.3 Å². The van der Waals surface area contributed by atoms with Crippen molar-refractivity contribution in [2.45, 2.75) is 51.2 Å². The zero-order chi connectivity index (χ0) is 28.0. The summed E-state index contributed by atoms with van der Waals surface area (Å²) < 4.78 is 15.2. The summed E-state index contributed by atoms with van der Waals surface area (Å²) in [6, 6.07) is 12.5. The first-order chi connectivity index (χ1) is 19.2. The second-order valence-corrected chi connectivity index (χ2v) is 11.8. The summed E-state index contributed by atoms with van der Waals surface area (Å²) in [4.78, 5) is 27.2. The van der Waals surface area contributed by atoms with Crippen LogP contribution in [0.5, 0.6) is 5.88 Å². The molecule has 6 rings (SSSR count). The molecule has 1 amide bonds. The smallest absolute Gasteiger partial charge is 0.241 e. The van der Waals surface area contributed by atoms with E-state index < -0.39 is 0 Å². The Labute approximate surface area is 233 Å². The fourth-order valence-electron chi connectivity index (χ4n) is 6.04. The van der Waals surface area contributed by atoms with Gasteiger partial charge in [-0.15, -0.1) is 0 Å². The zero-order valence-electron chi connectivity index (χ0n) is 23.1. The number of hydrogen-bond acceptors (Lipinski definition) is 6. The number of pyridine rings is 2. The molecule has 40 heavy (non-hydrogen) atoms. The third-order valence-corrected chi connectivity index (χ3v) is 8.13. The lowest BCUT2D eigenvalue weighted by Crippen LogP contribution is -2.59. The number of carbonyl (C=O) groups excluding carboxylic acids is 1.